The van der Waals surface area contributed by atoms with Gasteiger partial charge in [0.25, 0.3) is 5.91 Å². The highest BCUT2D eigenvalue weighted by Crippen LogP contribution is 2.20. The van der Waals surface area contributed by atoms with Crippen LogP contribution in [0, 0.1) is 0 Å². The number of rotatable bonds is 6. The summed E-state index contributed by atoms with van der Waals surface area (Å²) in [7, 11) is 0. The van der Waals surface area contributed by atoms with Gasteiger partial charge in [-0.1, -0.05) is 53.5 Å². The van der Waals surface area contributed by atoms with Gasteiger partial charge in [-0.3, -0.25) is 4.79 Å². The van der Waals surface area contributed by atoms with Crippen molar-refractivity contribution in [1.29, 1.82) is 0 Å². The highest BCUT2D eigenvalue weighted by atomic mass is 35.5. The Kier molecular flexibility index (Phi) is 6.90. The number of amides is 2. The third kappa shape index (κ3) is 5.76. The molecule has 0 aliphatic rings. The molecule has 2 amide bonds. The van der Waals surface area contributed by atoms with Crippen molar-refractivity contribution in [3.8, 4) is 0 Å². The van der Waals surface area contributed by atoms with Crippen LogP contribution < -0.4 is 10.6 Å². The molecule has 7 heteroatoms. The highest BCUT2D eigenvalue weighted by molar-refractivity contribution is 6.35. The average Bonchev–Trinajstić information content (AvgIpc) is 2.59. The van der Waals surface area contributed by atoms with Gasteiger partial charge in [-0.2, -0.15) is 0 Å². The number of halogens is 2. The molecule has 2 rings (SSSR count). The maximum absolute atomic E-state index is 12.0. The van der Waals surface area contributed by atoms with Crippen molar-refractivity contribution in [2.24, 2.45) is 0 Å². The van der Waals surface area contributed by atoms with Crippen molar-refractivity contribution in [2.45, 2.75) is 6.61 Å². The first kappa shape index (κ1) is 18.1. The van der Waals surface area contributed by atoms with Crippen LogP contribution >= 0.6 is 23.2 Å². The number of hydrogen-bond donors (Lipinski definition) is 2. The van der Waals surface area contributed by atoms with Crippen molar-refractivity contribution >= 4 is 35.2 Å². The fraction of sp³-hybridized carbons (Fsp3) is 0.176. The Morgan fingerprint density at radius 2 is 1.67 bits per heavy atom. The Morgan fingerprint density at radius 3 is 2.42 bits per heavy atom. The average molecular weight is 367 g/mol. The molecule has 2 N–H and O–H groups in total. The maximum Gasteiger partial charge on any atom is 0.407 e. The van der Waals surface area contributed by atoms with E-state index in [0.29, 0.717) is 10.0 Å². The van der Waals surface area contributed by atoms with E-state index in [2.05, 4.69) is 10.6 Å². The van der Waals surface area contributed by atoms with Crippen molar-refractivity contribution in [1.82, 2.24) is 10.6 Å². The first-order valence-corrected chi connectivity index (χ1v) is 7.99. The predicted molar refractivity (Wildman–Crippen MR) is 93.4 cm³/mol. The summed E-state index contributed by atoms with van der Waals surface area (Å²) in [6.45, 7) is 0.664. The van der Waals surface area contributed by atoms with Crippen LogP contribution in [0.4, 0.5) is 4.79 Å². The summed E-state index contributed by atoms with van der Waals surface area (Å²) in [5, 5.41) is 5.93. The molecule has 0 heterocycles. The minimum Gasteiger partial charge on any atom is -0.445 e. The quantitative estimate of drug-likeness (QED) is 0.766. The molecule has 0 aromatic heterocycles. The van der Waals surface area contributed by atoms with Crippen LogP contribution in [0.25, 0.3) is 0 Å². The fourth-order valence-corrected chi connectivity index (χ4v) is 2.26. The van der Waals surface area contributed by atoms with E-state index in [4.69, 9.17) is 27.9 Å². The van der Waals surface area contributed by atoms with Gasteiger partial charge in [0.1, 0.15) is 6.61 Å². The Morgan fingerprint density at radius 1 is 0.958 bits per heavy atom. The van der Waals surface area contributed by atoms with Crippen LogP contribution in [0.5, 0.6) is 0 Å². The smallest absolute Gasteiger partial charge is 0.407 e. The molecule has 0 radical (unpaired) electrons. The Bertz CT molecular complexity index is 708. The molecular formula is C17H16Cl2N2O3. The summed E-state index contributed by atoms with van der Waals surface area (Å²) >= 11 is 11.8. The van der Waals surface area contributed by atoms with Gasteiger partial charge in [-0.25, -0.2) is 4.79 Å². The van der Waals surface area contributed by atoms with Crippen LogP contribution in [0.3, 0.4) is 0 Å². The lowest BCUT2D eigenvalue weighted by molar-refractivity contribution is 0.0952. The summed E-state index contributed by atoms with van der Waals surface area (Å²) in [4.78, 5) is 23.5. The van der Waals surface area contributed by atoms with E-state index in [9.17, 15) is 9.59 Å². The number of nitrogens with one attached hydrogen (secondary N) is 2. The van der Waals surface area contributed by atoms with E-state index in [1.54, 1.807) is 12.1 Å². The largest absolute Gasteiger partial charge is 0.445 e. The summed E-state index contributed by atoms with van der Waals surface area (Å²) in [5.74, 6) is -0.359. The van der Waals surface area contributed by atoms with Gasteiger partial charge in [-0.15, -0.1) is 0 Å². The molecule has 2 aromatic carbocycles. The summed E-state index contributed by atoms with van der Waals surface area (Å²) in [6.07, 6.45) is -0.547. The number of benzene rings is 2. The molecule has 24 heavy (non-hydrogen) atoms. The summed E-state index contributed by atoms with van der Waals surface area (Å²) in [6, 6.07) is 14.0. The third-order valence-electron chi connectivity index (χ3n) is 3.07. The van der Waals surface area contributed by atoms with Gasteiger partial charge in [0, 0.05) is 18.1 Å². The standard InChI is InChI=1S/C17H16Cl2N2O3/c18-13-6-7-15(19)14(10-13)16(22)20-8-9-21-17(23)24-11-12-4-2-1-3-5-12/h1-7,10H,8-9,11H2,(H,20,22)(H,21,23). The van der Waals surface area contributed by atoms with Gasteiger partial charge in [-0.05, 0) is 23.8 Å². The molecule has 126 valence electrons. The molecular weight excluding hydrogens is 351 g/mol. The topological polar surface area (TPSA) is 67.4 Å². The number of hydrogen-bond acceptors (Lipinski definition) is 3. The van der Waals surface area contributed by atoms with Gasteiger partial charge in [0.2, 0.25) is 0 Å². The van der Waals surface area contributed by atoms with Crippen LogP contribution in [0.15, 0.2) is 48.5 Å². The van der Waals surface area contributed by atoms with Crippen molar-refractivity contribution in [2.75, 3.05) is 13.1 Å². The van der Waals surface area contributed by atoms with Crippen LogP contribution in [0.2, 0.25) is 10.0 Å². The van der Waals surface area contributed by atoms with Gasteiger partial charge in [0.05, 0.1) is 10.6 Å². The molecule has 5 nitrogen and oxygen atoms in total. The Labute approximate surface area is 149 Å². The first-order chi connectivity index (χ1) is 11.6. The minimum absolute atomic E-state index is 0.192. The lowest BCUT2D eigenvalue weighted by atomic mass is 10.2. The van der Waals surface area contributed by atoms with Crippen molar-refractivity contribution < 1.29 is 14.3 Å². The third-order valence-corrected chi connectivity index (χ3v) is 3.63. The first-order valence-electron chi connectivity index (χ1n) is 7.24. The fourth-order valence-electron chi connectivity index (χ4n) is 1.88. The summed E-state index contributed by atoms with van der Waals surface area (Å²) < 4.78 is 5.05. The van der Waals surface area contributed by atoms with Crippen LogP contribution in [-0.2, 0) is 11.3 Å². The summed E-state index contributed by atoms with van der Waals surface area (Å²) in [5.41, 5.74) is 1.19. The molecule has 0 saturated heterocycles. The van der Waals surface area contributed by atoms with E-state index in [-0.39, 0.29) is 31.2 Å². The molecule has 0 aliphatic carbocycles. The van der Waals surface area contributed by atoms with Gasteiger partial charge < -0.3 is 15.4 Å². The normalized spacial score (nSPS) is 10.1. The SMILES string of the molecule is O=C(NCCNC(=O)c1cc(Cl)ccc1Cl)OCc1ccccc1. The zero-order valence-electron chi connectivity index (χ0n) is 12.7. The van der Waals surface area contributed by atoms with Crippen LogP contribution in [0.1, 0.15) is 15.9 Å². The van der Waals surface area contributed by atoms with E-state index in [1.807, 2.05) is 30.3 Å². The van der Waals surface area contributed by atoms with Gasteiger partial charge >= 0.3 is 6.09 Å². The molecule has 0 spiro atoms. The van der Waals surface area contributed by atoms with Crippen molar-refractivity contribution in [3.05, 3.63) is 69.7 Å². The molecule has 0 atom stereocenters. The minimum atomic E-state index is -0.547. The number of alkyl carbamates (subject to hydrolysis) is 1. The van der Waals surface area contributed by atoms with Crippen molar-refractivity contribution in [3.63, 3.8) is 0 Å². The van der Waals surface area contributed by atoms with E-state index in [0.717, 1.165) is 5.56 Å². The van der Waals surface area contributed by atoms with E-state index < -0.39 is 6.09 Å². The second-order valence-electron chi connectivity index (χ2n) is 4.87. The molecule has 0 unspecified atom stereocenters. The number of ether oxygens (including phenoxy) is 1. The molecule has 0 fully saturated rings. The molecule has 0 bridgehead atoms. The monoisotopic (exact) mass is 366 g/mol. The van der Waals surface area contributed by atoms with Gasteiger partial charge in [0.15, 0.2) is 0 Å². The number of carbonyl (C=O) groups excluding carboxylic acids is 2. The predicted octanol–water partition coefficient (Wildman–Crippen LogP) is 3.65. The molecule has 2 aromatic rings. The van der Waals surface area contributed by atoms with E-state index >= 15 is 0 Å². The highest BCUT2D eigenvalue weighted by Gasteiger charge is 2.10. The second-order valence-corrected chi connectivity index (χ2v) is 5.71. The van der Waals surface area contributed by atoms with E-state index in [1.165, 1.54) is 6.07 Å². The molecule has 0 aliphatic heterocycles. The molecule has 0 saturated carbocycles. The lowest BCUT2D eigenvalue weighted by Gasteiger charge is -2.09. The Hall–Kier alpha value is -2.24. The zero-order valence-corrected chi connectivity index (χ0v) is 14.2. The Balaban J connectivity index is 1.68. The maximum atomic E-state index is 12.0. The van der Waals surface area contributed by atoms with Crippen LogP contribution in [-0.4, -0.2) is 25.1 Å². The lowest BCUT2D eigenvalue weighted by Crippen LogP contribution is -2.35. The second kappa shape index (κ2) is 9.15. The number of carbonyl (C=O) groups is 2. The zero-order chi connectivity index (χ0) is 17.4.